The molecule has 0 radical (unpaired) electrons. The predicted molar refractivity (Wildman–Crippen MR) is 48.6 cm³/mol. The lowest BCUT2D eigenvalue weighted by Gasteiger charge is -2.33. The molecule has 0 atom stereocenters. The third-order valence-corrected chi connectivity index (χ3v) is 2.42. The van der Waals surface area contributed by atoms with Crippen LogP contribution in [0.15, 0.2) is 4.63 Å². The van der Waals surface area contributed by atoms with E-state index in [0.29, 0.717) is 25.6 Å². The molecule has 2 heterocycles. The lowest BCUT2D eigenvalue weighted by atomic mass is 10.1. The van der Waals surface area contributed by atoms with E-state index in [2.05, 4.69) is 14.9 Å². The Morgan fingerprint density at radius 1 is 1.50 bits per heavy atom. The van der Waals surface area contributed by atoms with Gasteiger partial charge in [-0.3, -0.25) is 4.90 Å². The van der Waals surface area contributed by atoms with Crippen molar-refractivity contribution in [2.45, 2.75) is 32.5 Å². The second-order valence-electron chi connectivity index (χ2n) is 4.04. The monoisotopic (exact) mass is 199 g/mol. The summed E-state index contributed by atoms with van der Waals surface area (Å²) in [4.78, 5) is 2.00. The molecule has 5 heteroatoms. The quantitative estimate of drug-likeness (QED) is 0.736. The van der Waals surface area contributed by atoms with Crippen LogP contribution in [0.3, 0.4) is 0 Å². The molecule has 0 amide bonds. The third-order valence-electron chi connectivity index (χ3n) is 2.42. The van der Waals surface area contributed by atoms with Crippen molar-refractivity contribution in [3.05, 3.63) is 11.4 Å². The summed E-state index contributed by atoms with van der Waals surface area (Å²) in [6, 6.07) is 0. The van der Waals surface area contributed by atoms with E-state index in [9.17, 15) is 4.39 Å². The van der Waals surface area contributed by atoms with Crippen LogP contribution in [0, 0.1) is 0 Å². The largest absolute Gasteiger partial charge is 0.291 e. The molecule has 1 aromatic heterocycles. The number of nitrogens with zero attached hydrogens (tertiary/aromatic N) is 3. The van der Waals surface area contributed by atoms with Gasteiger partial charge in [-0.2, -0.15) is 0 Å². The molecule has 1 aliphatic rings. The molecule has 1 aliphatic heterocycles. The summed E-state index contributed by atoms with van der Waals surface area (Å²) in [6.07, 6.45) is -0.669. The number of alkyl halides is 1. The highest BCUT2D eigenvalue weighted by atomic mass is 19.1. The number of hydrogen-bond donors (Lipinski definition) is 0. The van der Waals surface area contributed by atoms with Crippen LogP contribution >= 0.6 is 0 Å². The SMILES string of the molecule is CC(C)c1nonc1CN1CC(F)C1. The van der Waals surface area contributed by atoms with Gasteiger partial charge in [0.05, 0.1) is 0 Å². The molecule has 0 spiro atoms. The van der Waals surface area contributed by atoms with Gasteiger partial charge < -0.3 is 0 Å². The van der Waals surface area contributed by atoms with Gasteiger partial charge in [0.1, 0.15) is 17.6 Å². The average molecular weight is 199 g/mol. The highest BCUT2D eigenvalue weighted by Crippen LogP contribution is 2.20. The van der Waals surface area contributed by atoms with Crippen LogP contribution in [0.25, 0.3) is 0 Å². The zero-order valence-corrected chi connectivity index (χ0v) is 8.40. The van der Waals surface area contributed by atoms with Gasteiger partial charge in [-0.05, 0) is 0 Å². The van der Waals surface area contributed by atoms with Crippen molar-refractivity contribution in [1.29, 1.82) is 0 Å². The van der Waals surface area contributed by atoms with Crippen molar-refractivity contribution in [3.8, 4) is 0 Å². The van der Waals surface area contributed by atoms with Crippen molar-refractivity contribution in [2.75, 3.05) is 13.1 Å². The fourth-order valence-corrected chi connectivity index (χ4v) is 1.61. The second kappa shape index (κ2) is 3.65. The molecule has 0 saturated carbocycles. The Hall–Kier alpha value is -0.970. The van der Waals surface area contributed by atoms with Crippen molar-refractivity contribution in [3.63, 3.8) is 0 Å². The minimum atomic E-state index is -0.669. The fourth-order valence-electron chi connectivity index (χ4n) is 1.61. The van der Waals surface area contributed by atoms with Gasteiger partial charge in [0, 0.05) is 25.6 Å². The molecule has 1 saturated heterocycles. The van der Waals surface area contributed by atoms with Crippen molar-refractivity contribution in [2.24, 2.45) is 0 Å². The maximum atomic E-state index is 12.6. The molecule has 1 fully saturated rings. The van der Waals surface area contributed by atoms with Crippen molar-refractivity contribution < 1.29 is 9.02 Å². The Morgan fingerprint density at radius 2 is 2.21 bits per heavy atom. The normalized spacial score (nSPS) is 18.9. The first-order valence-electron chi connectivity index (χ1n) is 4.84. The number of rotatable bonds is 3. The van der Waals surface area contributed by atoms with Crippen LogP contribution in [0.2, 0.25) is 0 Å². The van der Waals surface area contributed by atoms with Gasteiger partial charge >= 0.3 is 0 Å². The molecule has 14 heavy (non-hydrogen) atoms. The summed E-state index contributed by atoms with van der Waals surface area (Å²) in [6.45, 7) is 5.74. The number of hydrogen-bond acceptors (Lipinski definition) is 4. The topological polar surface area (TPSA) is 42.2 Å². The molecule has 0 N–H and O–H groups in total. The van der Waals surface area contributed by atoms with Crippen molar-refractivity contribution in [1.82, 2.24) is 15.2 Å². The average Bonchev–Trinajstić information content (AvgIpc) is 2.49. The Labute approximate surface area is 82.0 Å². The smallest absolute Gasteiger partial charge is 0.125 e. The molecular weight excluding hydrogens is 185 g/mol. The Balaban J connectivity index is 1.98. The Morgan fingerprint density at radius 3 is 2.79 bits per heavy atom. The molecule has 78 valence electrons. The van der Waals surface area contributed by atoms with E-state index in [1.807, 2.05) is 18.7 Å². The van der Waals surface area contributed by atoms with Crippen LogP contribution in [-0.4, -0.2) is 34.5 Å². The summed E-state index contributed by atoms with van der Waals surface area (Å²) in [5.41, 5.74) is 1.72. The molecule has 0 bridgehead atoms. The fraction of sp³-hybridized carbons (Fsp3) is 0.778. The van der Waals surface area contributed by atoms with Gasteiger partial charge in [0.2, 0.25) is 0 Å². The summed E-state index contributed by atoms with van der Waals surface area (Å²) in [7, 11) is 0. The van der Waals surface area contributed by atoms with Gasteiger partial charge in [-0.1, -0.05) is 24.2 Å². The Bertz CT molecular complexity index is 307. The van der Waals surface area contributed by atoms with Gasteiger partial charge in [-0.15, -0.1) is 0 Å². The summed E-state index contributed by atoms with van der Waals surface area (Å²) in [5, 5.41) is 7.67. The highest BCUT2D eigenvalue weighted by Gasteiger charge is 2.28. The van der Waals surface area contributed by atoms with Gasteiger partial charge in [0.25, 0.3) is 0 Å². The molecule has 2 rings (SSSR count). The minimum absolute atomic E-state index is 0.304. The second-order valence-corrected chi connectivity index (χ2v) is 4.04. The minimum Gasteiger partial charge on any atom is -0.291 e. The highest BCUT2D eigenvalue weighted by molar-refractivity contribution is 5.11. The van der Waals surface area contributed by atoms with E-state index in [-0.39, 0.29) is 0 Å². The van der Waals surface area contributed by atoms with Crippen LogP contribution in [-0.2, 0) is 6.54 Å². The zero-order valence-electron chi connectivity index (χ0n) is 8.40. The zero-order chi connectivity index (χ0) is 10.1. The first-order valence-corrected chi connectivity index (χ1v) is 4.84. The Kier molecular flexibility index (Phi) is 2.50. The molecule has 4 nitrogen and oxygen atoms in total. The summed E-state index contributed by atoms with van der Waals surface area (Å²) in [5.74, 6) is 0.304. The van der Waals surface area contributed by atoms with Crippen molar-refractivity contribution >= 4 is 0 Å². The lowest BCUT2D eigenvalue weighted by molar-refractivity contribution is 0.0569. The summed E-state index contributed by atoms with van der Waals surface area (Å²) >= 11 is 0. The molecule has 0 aliphatic carbocycles. The number of halogens is 1. The first kappa shape index (κ1) is 9.58. The van der Waals surface area contributed by atoms with Crippen LogP contribution in [0.5, 0.6) is 0 Å². The van der Waals surface area contributed by atoms with Crippen LogP contribution in [0.1, 0.15) is 31.2 Å². The third kappa shape index (κ3) is 1.77. The molecule has 1 aromatic rings. The maximum absolute atomic E-state index is 12.6. The molecular formula is C9H14FN3O. The number of likely N-dealkylation sites (tertiary alicyclic amines) is 1. The van der Waals surface area contributed by atoms with E-state index in [4.69, 9.17) is 0 Å². The van der Waals surface area contributed by atoms with E-state index in [0.717, 1.165) is 11.4 Å². The van der Waals surface area contributed by atoms with Gasteiger partial charge in [-0.25, -0.2) is 9.02 Å². The number of aromatic nitrogens is 2. The van der Waals surface area contributed by atoms with E-state index >= 15 is 0 Å². The van der Waals surface area contributed by atoms with E-state index < -0.39 is 6.17 Å². The standard InChI is InChI=1S/C9H14FN3O/c1-6(2)9-8(11-14-12-9)5-13-3-7(10)4-13/h6-7H,3-5H2,1-2H3. The van der Waals surface area contributed by atoms with Gasteiger partial charge in [0.15, 0.2) is 0 Å². The predicted octanol–water partition coefficient (Wildman–Crippen LogP) is 1.35. The van der Waals surface area contributed by atoms with E-state index in [1.165, 1.54) is 0 Å². The van der Waals surface area contributed by atoms with Crippen LogP contribution < -0.4 is 0 Å². The van der Waals surface area contributed by atoms with E-state index in [1.54, 1.807) is 0 Å². The van der Waals surface area contributed by atoms with Crippen LogP contribution in [0.4, 0.5) is 4.39 Å². The maximum Gasteiger partial charge on any atom is 0.125 e. The molecule has 0 unspecified atom stereocenters. The molecule has 0 aromatic carbocycles. The lowest BCUT2D eigenvalue weighted by Crippen LogP contribution is -2.47. The first-order chi connectivity index (χ1) is 6.66. The summed E-state index contributed by atoms with van der Waals surface area (Å²) < 4.78 is 17.2.